The van der Waals surface area contributed by atoms with E-state index in [0.717, 1.165) is 11.4 Å². The van der Waals surface area contributed by atoms with Crippen LogP contribution in [-0.2, 0) is 0 Å². The van der Waals surface area contributed by atoms with Crippen molar-refractivity contribution in [2.45, 2.75) is 13.8 Å². The van der Waals surface area contributed by atoms with Crippen molar-refractivity contribution in [3.8, 4) is 0 Å². The van der Waals surface area contributed by atoms with Crippen molar-refractivity contribution in [2.24, 2.45) is 0 Å². The van der Waals surface area contributed by atoms with Gasteiger partial charge in [-0.15, -0.1) is 0 Å². The lowest BCUT2D eigenvalue weighted by molar-refractivity contribution is 1.06. The van der Waals surface area contributed by atoms with Crippen LogP contribution in [0, 0.1) is 6.92 Å². The Morgan fingerprint density at radius 2 is 1.58 bits per heavy atom. The van der Waals surface area contributed by atoms with Crippen molar-refractivity contribution >= 4 is 29.3 Å². The summed E-state index contributed by atoms with van der Waals surface area (Å²) in [5.74, 6) is 1.00. The van der Waals surface area contributed by atoms with E-state index in [9.17, 15) is 0 Å². The van der Waals surface area contributed by atoms with E-state index in [4.69, 9.17) is 0 Å². The third kappa shape index (κ3) is 3.95. The first kappa shape index (κ1) is 15.7. The monoisotopic (exact) mass is 317 g/mol. The molecule has 2 aromatic carbocycles. The van der Waals surface area contributed by atoms with Gasteiger partial charge in [-0.3, -0.25) is 0 Å². The molecule has 1 aromatic heterocycles. The lowest BCUT2D eigenvalue weighted by Gasteiger charge is -2.09. The van der Waals surface area contributed by atoms with Crippen molar-refractivity contribution in [3.05, 3.63) is 72.1 Å². The minimum absolute atomic E-state index is 0.501. The van der Waals surface area contributed by atoms with Crippen molar-refractivity contribution in [1.82, 2.24) is 15.0 Å². The molecule has 0 amide bonds. The summed E-state index contributed by atoms with van der Waals surface area (Å²) in [4.78, 5) is 12.7. The number of nitrogens with one attached hydrogen (secondary N) is 2. The molecule has 5 heteroatoms. The minimum Gasteiger partial charge on any atom is -0.324 e. The third-order valence-electron chi connectivity index (χ3n) is 3.47. The van der Waals surface area contributed by atoms with Crippen LogP contribution < -0.4 is 10.6 Å². The number of hydrogen-bond acceptors (Lipinski definition) is 5. The van der Waals surface area contributed by atoms with E-state index in [2.05, 4.69) is 50.7 Å². The summed E-state index contributed by atoms with van der Waals surface area (Å²) in [6, 6.07) is 15.9. The molecule has 0 spiro atoms. The molecule has 120 valence electrons. The number of benzene rings is 2. The summed E-state index contributed by atoms with van der Waals surface area (Å²) < 4.78 is 0. The number of nitrogens with zero attached hydrogens (tertiary/aromatic N) is 3. The second-order valence-electron chi connectivity index (χ2n) is 5.32. The molecule has 0 unspecified atom stereocenters. The first-order valence-corrected chi connectivity index (χ1v) is 7.76. The molecule has 0 aliphatic carbocycles. The van der Waals surface area contributed by atoms with Crippen LogP contribution in [0.3, 0.4) is 0 Å². The standard InChI is InChI=1S/C19H19N5/c1-3-7-15-10-11-17(12-14(15)2)23-19-21-13-20-18(24-19)22-16-8-5-4-6-9-16/h3-13H,1-2H3,(H2,20,21,22,23,24)/b7-3+. The highest BCUT2D eigenvalue weighted by Crippen LogP contribution is 2.19. The maximum Gasteiger partial charge on any atom is 0.232 e. The fourth-order valence-electron chi connectivity index (χ4n) is 2.32. The second kappa shape index (κ2) is 7.37. The molecular formula is C19H19N5. The first-order valence-electron chi connectivity index (χ1n) is 7.76. The molecule has 2 N–H and O–H groups in total. The Bertz CT molecular complexity index is 843. The second-order valence-corrected chi connectivity index (χ2v) is 5.32. The summed E-state index contributed by atoms with van der Waals surface area (Å²) in [6.45, 7) is 4.09. The highest BCUT2D eigenvalue weighted by molar-refractivity contribution is 5.62. The first-order chi connectivity index (χ1) is 11.7. The number of rotatable bonds is 5. The zero-order valence-electron chi connectivity index (χ0n) is 13.7. The Hall–Kier alpha value is -3.21. The Morgan fingerprint density at radius 3 is 2.25 bits per heavy atom. The predicted octanol–water partition coefficient (Wildman–Crippen LogP) is 4.70. The van der Waals surface area contributed by atoms with Gasteiger partial charge in [-0.2, -0.15) is 4.98 Å². The van der Waals surface area contributed by atoms with Crippen LogP contribution in [0.25, 0.3) is 6.08 Å². The van der Waals surface area contributed by atoms with E-state index in [1.54, 1.807) is 0 Å². The van der Waals surface area contributed by atoms with Crippen molar-refractivity contribution < 1.29 is 0 Å². The third-order valence-corrected chi connectivity index (χ3v) is 3.47. The van der Waals surface area contributed by atoms with Crippen molar-refractivity contribution in [2.75, 3.05) is 10.6 Å². The van der Waals surface area contributed by atoms with Crippen LogP contribution in [-0.4, -0.2) is 15.0 Å². The number of aromatic nitrogens is 3. The summed E-state index contributed by atoms with van der Waals surface area (Å²) in [6.07, 6.45) is 5.61. The molecule has 24 heavy (non-hydrogen) atoms. The number of hydrogen-bond donors (Lipinski definition) is 2. The van der Waals surface area contributed by atoms with Crippen LogP contribution in [0.5, 0.6) is 0 Å². The smallest absolute Gasteiger partial charge is 0.232 e. The average molecular weight is 317 g/mol. The van der Waals surface area contributed by atoms with E-state index in [1.807, 2.05) is 49.4 Å². The van der Waals surface area contributed by atoms with Gasteiger partial charge in [-0.25, -0.2) is 9.97 Å². The molecule has 0 saturated heterocycles. The summed E-state index contributed by atoms with van der Waals surface area (Å²) in [7, 11) is 0. The molecule has 1 heterocycles. The maximum absolute atomic E-state index is 4.39. The molecular weight excluding hydrogens is 298 g/mol. The van der Waals surface area contributed by atoms with E-state index >= 15 is 0 Å². The van der Waals surface area contributed by atoms with Gasteiger partial charge >= 0.3 is 0 Å². The quantitative estimate of drug-likeness (QED) is 0.714. The number of anilines is 4. The van der Waals surface area contributed by atoms with Gasteiger partial charge < -0.3 is 10.6 Å². The molecule has 0 atom stereocenters. The van der Waals surface area contributed by atoms with E-state index in [0.29, 0.717) is 11.9 Å². The molecule has 3 rings (SSSR count). The van der Waals surface area contributed by atoms with Gasteiger partial charge in [0.15, 0.2) is 0 Å². The number of aryl methyl sites for hydroxylation is 1. The number of para-hydroxylation sites is 1. The molecule has 0 saturated carbocycles. The molecule has 0 bridgehead atoms. The van der Waals surface area contributed by atoms with Gasteiger partial charge in [0, 0.05) is 11.4 Å². The Labute approximate surface area is 141 Å². The topological polar surface area (TPSA) is 62.7 Å². The maximum atomic E-state index is 4.39. The Morgan fingerprint density at radius 1 is 0.875 bits per heavy atom. The molecule has 0 fully saturated rings. The zero-order valence-corrected chi connectivity index (χ0v) is 13.7. The minimum atomic E-state index is 0.501. The molecule has 3 aromatic rings. The fraction of sp³-hybridized carbons (Fsp3) is 0.105. The van der Waals surface area contributed by atoms with Crippen LogP contribution in [0.15, 0.2) is 60.9 Å². The van der Waals surface area contributed by atoms with Gasteiger partial charge in [0.1, 0.15) is 6.33 Å². The molecule has 0 aliphatic rings. The average Bonchev–Trinajstić information content (AvgIpc) is 2.59. The van der Waals surface area contributed by atoms with E-state index < -0.39 is 0 Å². The van der Waals surface area contributed by atoms with Gasteiger partial charge in [-0.05, 0) is 49.2 Å². The highest BCUT2D eigenvalue weighted by Gasteiger charge is 2.03. The summed E-state index contributed by atoms with van der Waals surface area (Å²) in [5, 5.41) is 6.37. The van der Waals surface area contributed by atoms with Crippen LogP contribution in [0.2, 0.25) is 0 Å². The van der Waals surface area contributed by atoms with Crippen LogP contribution >= 0.6 is 0 Å². The summed E-state index contributed by atoms with van der Waals surface area (Å²) >= 11 is 0. The predicted molar refractivity (Wildman–Crippen MR) is 98.7 cm³/mol. The van der Waals surface area contributed by atoms with Crippen LogP contribution in [0.1, 0.15) is 18.1 Å². The number of allylic oxidation sites excluding steroid dienone is 1. The molecule has 0 radical (unpaired) electrons. The van der Waals surface area contributed by atoms with Gasteiger partial charge in [0.05, 0.1) is 0 Å². The zero-order chi connectivity index (χ0) is 16.8. The van der Waals surface area contributed by atoms with E-state index in [-0.39, 0.29) is 0 Å². The van der Waals surface area contributed by atoms with Crippen molar-refractivity contribution in [3.63, 3.8) is 0 Å². The van der Waals surface area contributed by atoms with Crippen molar-refractivity contribution in [1.29, 1.82) is 0 Å². The normalized spacial score (nSPS) is 10.8. The fourth-order valence-corrected chi connectivity index (χ4v) is 2.32. The lowest BCUT2D eigenvalue weighted by Crippen LogP contribution is -2.02. The lowest BCUT2D eigenvalue weighted by atomic mass is 10.1. The van der Waals surface area contributed by atoms with Gasteiger partial charge in [-0.1, -0.05) is 36.4 Å². The molecule has 0 aliphatic heterocycles. The Kier molecular flexibility index (Phi) is 4.81. The highest BCUT2D eigenvalue weighted by atomic mass is 15.2. The van der Waals surface area contributed by atoms with Gasteiger partial charge in [0.25, 0.3) is 0 Å². The van der Waals surface area contributed by atoms with E-state index in [1.165, 1.54) is 17.5 Å². The SMILES string of the molecule is C/C=C/c1ccc(Nc2ncnc(Nc3ccccc3)n2)cc1C. The van der Waals surface area contributed by atoms with Gasteiger partial charge in [0.2, 0.25) is 11.9 Å². The largest absolute Gasteiger partial charge is 0.324 e. The summed E-state index contributed by atoms with van der Waals surface area (Å²) in [5.41, 5.74) is 4.26. The van der Waals surface area contributed by atoms with Crippen LogP contribution in [0.4, 0.5) is 23.3 Å². The molecule has 5 nitrogen and oxygen atoms in total. The Balaban J connectivity index is 1.76.